The zero-order valence-corrected chi connectivity index (χ0v) is 12.2. The minimum atomic E-state index is -0.258. The quantitative estimate of drug-likeness (QED) is 0.875. The molecule has 1 heterocycles. The van der Waals surface area contributed by atoms with Crippen LogP contribution in [0.25, 0.3) is 0 Å². The Morgan fingerprint density at radius 1 is 1.35 bits per heavy atom. The van der Waals surface area contributed by atoms with Crippen LogP contribution < -0.4 is 10.5 Å². The van der Waals surface area contributed by atoms with Crippen molar-refractivity contribution in [2.75, 3.05) is 13.7 Å². The van der Waals surface area contributed by atoms with Gasteiger partial charge in [-0.1, -0.05) is 30.3 Å². The molecule has 0 amide bonds. The van der Waals surface area contributed by atoms with Crippen LogP contribution in [0, 0.1) is 0 Å². The van der Waals surface area contributed by atoms with Crippen LogP contribution in [0.2, 0.25) is 0 Å². The van der Waals surface area contributed by atoms with E-state index >= 15 is 0 Å². The first kappa shape index (κ1) is 14.5. The lowest BCUT2D eigenvalue weighted by molar-refractivity contribution is 0.289. The van der Waals surface area contributed by atoms with Crippen molar-refractivity contribution >= 4 is 0 Å². The summed E-state index contributed by atoms with van der Waals surface area (Å²) in [5.74, 6) is 2.08. The number of para-hydroxylation sites is 1. The van der Waals surface area contributed by atoms with Crippen LogP contribution in [-0.4, -0.2) is 23.8 Å². The van der Waals surface area contributed by atoms with Crippen molar-refractivity contribution in [2.24, 2.45) is 5.73 Å². The smallest absolute Gasteiger partial charge is 0.233 e. The highest BCUT2D eigenvalue weighted by atomic mass is 16.5. The standard InChI is InChI=1S/C15H21N3O2/c1-4-15(2,10-16)14-17-13(18-20-14)9-11-7-5-6-8-12(11)19-3/h5-8H,4,9-10,16H2,1-3H3. The number of rotatable bonds is 6. The van der Waals surface area contributed by atoms with E-state index in [0.29, 0.717) is 24.7 Å². The molecule has 5 nitrogen and oxygen atoms in total. The predicted molar refractivity (Wildman–Crippen MR) is 76.8 cm³/mol. The molecule has 0 bridgehead atoms. The fourth-order valence-electron chi connectivity index (χ4n) is 1.97. The number of benzene rings is 1. The van der Waals surface area contributed by atoms with Crippen LogP contribution in [-0.2, 0) is 11.8 Å². The molecule has 108 valence electrons. The van der Waals surface area contributed by atoms with Crippen LogP contribution in [0.1, 0.15) is 37.5 Å². The summed E-state index contributed by atoms with van der Waals surface area (Å²) >= 11 is 0. The lowest BCUT2D eigenvalue weighted by Gasteiger charge is -2.20. The Bertz CT molecular complexity index is 562. The van der Waals surface area contributed by atoms with Gasteiger partial charge in [-0.25, -0.2) is 0 Å². The average molecular weight is 275 g/mol. The summed E-state index contributed by atoms with van der Waals surface area (Å²) in [7, 11) is 1.66. The molecular weight excluding hydrogens is 254 g/mol. The summed E-state index contributed by atoms with van der Waals surface area (Å²) < 4.78 is 10.7. The van der Waals surface area contributed by atoms with Gasteiger partial charge in [-0.2, -0.15) is 4.98 Å². The molecule has 0 aliphatic rings. The molecule has 20 heavy (non-hydrogen) atoms. The molecule has 0 aliphatic carbocycles. The van der Waals surface area contributed by atoms with Gasteiger partial charge in [-0.05, 0) is 19.4 Å². The number of nitrogens with zero attached hydrogens (tertiary/aromatic N) is 2. The van der Waals surface area contributed by atoms with Gasteiger partial charge in [0.1, 0.15) is 5.75 Å². The van der Waals surface area contributed by atoms with Crippen molar-refractivity contribution in [3.8, 4) is 5.75 Å². The second-order valence-corrected chi connectivity index (χ2v) is 5.12. The van der Waals surface area contributed by atoms with Gasteiger partial charge >= 0.3 is 0 Å². The SMILES string of the molecule is CCC(C)(CN)c1nc(Cc2ccccc2OC)no1. The summed E-state index contributed by atoms with van der Waals surface area (Å²) in [5.41, 5.74) is 6.59. The molecular formula is C15H21N3O2. The maximum atomic E-state index is 5.81. The molecule has 0 spiro atoms. The summed E-state index contributed by atoms with van der Waals surface area (Å²) in [6.45, 7) is 4.59. The minimum absolute atomic E-state index is 0.258. The summed E-state index contributed by atoms with van der Waals surface area (Å²) in [6, 6.07) is 7.82. The Hall–Kier alpha value is -1.88. The number of hydrogen-bond acceptors (Lipinski definition) is 5. The number of ether oxygens (including phenoxy) is 1. The molecule has 0 saturated carbocycles. The minimum Gasteiger partial charge on any atom is -0.496 e. The average Bonchev–Trinajstić information content (AvgIpc) is 2.96. The number of aromatic nitrogens is 2. The second-order valence-electron chi connectivity index (χ2n) is 5.12. The van der Waals surface area contributed by atoms with Crippen LogP contribution in [0.4, 0.5) is 0 Å². The molecule has 0 saturated heterocycles. The molecule has 1 aromatic carbocycles. The fourth-order valence-corrected chi connectivity index (χ4v) is 1.97. The van der Waals surface area contributed by atoms with E-state index in [0.717, 1.165) is 17.7 Å². The van der Waals surface area contributed by atoms with Crippen LogP contribution in [0.3, 0.4) is 0 Å². The van der Waals surface area contributed by atoms with Crippen LogP contribution in [0.15, 0.2) is 28.8 Å². The van der Waals surface area contributed by atoms with Crippen molar-refractivity contribution in [1.82, 2.24) is 10.1 Å². The Morgan fingerprint density at radius 3 is 2.75 bits per heavy atom. The molecule has 5 heteroatoms. The second kappa shape index (κ2) is 6.05. The van der Waals surface area contributed by atoms with Gasteiger partial charge in [-0.15, -0.1) is 0 Å². The molecule has 0 aliphatic heterocycles. The van der Waals surface area contributed by atoms with E-state index in [9.17, 15) is 0 Å². The third-order valence-corrected chi connectivity index (χ3v) is 3.76. The Kier molecular flexibility index (Phi) is 4.39. The summed E-state index contributed by atoms with van der Waals surface area (Å²) in [5, 5.41) is 4.05. The van der Waals surface area contributed by atoms with Gasteiger partial charge in [0.2, 0.25) is 5.89 Å². The molecule has 2 rings (SSSR count). The van der Waals surface area contributed by atoms with Gasteiger partial charge in [-0.3, -0.25) is 0 Å². The van der Waals surface area contributed by atoms with E-state index in [-0.39, 0.29) is 5.41 Å². The molecule has 2 aromatic rings. The number of nitrogens with two attached hydrogens (primary N) is 1. The summed E-state index contributed by atoms with van der Waals surface area (Å²) in [6.07, 6.45) is 1.44. The topological polar surface area (TPSA) is 74.2 Å². The zero-order valence-electron chi connectivity index (χ0n) is 12.2. The Balaban J connectivity index is 2.22. The van der Waals surface area contributed by atoms with E-state index in [4.69, 9.17) is 15.0 Å². The highest BCUT2D eigenvalue weighted by molar-refractivity contribution is 5.35. The Morgan fingerprint density at radius 2 is 2.10 bits per heavy atom. The molecule has 1 unspecified atom stereocenters. The van der Waals surface area contributed by atoms with E-state index in [1.54, 1.807) is 7.11 Å². The van der Waals surface area contributed by atoms with Crippen molar-refractivity contribution in [3.05, 3.63) is 41.5 Å². The molecule has 0 radical (unpaired) electrons. The largest absolute Gasteiger partial charge is 0.496 e. The highest BCUT2D eigenvalue weighted by Gasteiger charge is 2.29. The zero-order chi connectivity index (χ0) is 14.6. The highest BCUT2D eigenvalue weighted by Crippen LogP contribution is 2.26. The van der Waals surface area contributed by atoms with E-state index < -0.39 is 0 Å². The first-order chi connectivity index (χ1) is 9.62. The third kappa shape index (κ3) is 2.82. The van der Waals surface area contributed by atoms with Crippen molar-refractivity contribution < 1.29 is 9.26 Å². The van der Waals surface area contributed by atoms with Gasteiger partial charge < -0.3 is 15.0 Å². The van der Waals surface area contributed by atoms with Crippen LogP contribution in [0.5, 0.6) is 5.75 Å². The fraction of sp³-hybridized carbons (Fsp3) is 0.467. The van der Waals surface area contributed by atoms with Crippen molar-refractivity contribution in [3.63, 3.8) is 0 Å². The first-order valence-electron chi connectivity index (χ1n) is 6.78. The van der Waals surface area contributed by atoms with Crippen molar-refractivity contribution in [2.45, 2.75) is 32.1 Å². The lowest BCUT2D eigenvalue weighted by Crippen LogP contribution is -2.31. The number of methoxy groups -OCH3 is 1. The monoisotopic (exact) mass is 275 g/mol. The number of hydrogen-bond donors (Lipinski definition) is 1. The lowest BCUT2D eigenvalue weighted by atomic mass is 9.88. The Labute approximate surface area is 119 Å². The van der Waals surface area contributed by atoms with Gasteiger partial charge in [0.15, 0.2) is 5.82 Å². The van der Waals surface area contributed by atoms with Gasteiger partial charge in [0.05, 0.1) is 12.5 Å². The normalized spacial score (nSPS) is 14.0. The molecule has 1 aromatic heterocycles. The molecule has 0 fully saturated rings. The summed E-state index contributed by atoms with van der Waals surface area (Å²) in [4.78, 5) is 4.48. The van der Waals surface area contributed by atoms with Gasteiger partial charge in [0.25, 0.3) is 0 Å². The third-order valence-electron chi connectivity index (χ3n) is 3.76. The molecule has 1 atom stereocenters. The molecule has 2 N–H and O–H groups in total. The van der Waals surface area contributed by atoms with Crippen LogP contribution >= 0.6 is 0 Å². The maximum absolute atomic E-state index is 5.81. The van der Waals surface area contributed by atoms with Crippen molar-refractivity contribution in [1.29, 1.82) is 0 Å². The van der Waals surface area contributed by atoms with E-state index in [1.807, 2.05) is 31.2 Å². The van der Waals surface area contributed by atoms with Gasteiger partial charge in [0, 0.05) is 18.5 Å². The predicted octanol–water partition coefficient (Wildman–Crippen LogP) is 2.30. The van der Waals surface area contributed by atoms with E-state index in [2.05, 4.69) is 17.1 Å². The maximum Gasteiger partial charge on any atom is 0.233 e. The first-order valence-corrected chi connectivity index (χ1v) is 6.78. The van der Waals surface area contributed by atoms with E-state index in [1.165, 1.54) is 0 Å².